The van der Waals surface area contributed by atoms with E-state index in [-0.39, 0.29) is 22.5 Å². The van der Waals surface area contributed by atoms with Crippen molar-refractivity contribution in [2.45, 2.75) is 25.1 Å². The van der Waals surface area contributed by atoms with Crippen molar-refractivity contribution in [1.82, 2.24) is 15.1 Å². The van der Waals surface area contributed by atoms with Crippen LogP contribution in [-0.4, -0.2) is 22.2 Å². The molecule has 1 saturated carbocycles. The number of alkyl halides is 3. The molecule has 0 bridgehead atoms. The van der Waals surface area contributed by atoms with E-state index in [0.717, 1.165) is 35.7 Å². The molecule has 3 aromatic carbocycles. The molecule has 1 heterocycles. The lowest BCUT2D eigenvalue weighted by Crippen LogP contribution is -2.26. The van der Waals surface area contributed by atoms with Gasteiger partial charge in [-0.15, -0.1) is 0 Å². The number of anilines is 1. The van der Waals surface area contributed by atoms with Crippen LogP contribution in [0, 0.1) is 28.9 Å². The molecule has 11 heteroatoms. The lowest BCUT2D eigenvalue weighted by atomic mass is 9.97. The number of nitrogens with zero attached hydrogens (tertiary/aromatic N) is 3. The highest BCUT2D eigenvalue weighted by molar-refractivity contribution is 6.03. The summed E-state index contributed by atoms with van der Waals surface area (Å²) in [5.74, 6) is -1.66. The lowest BCUT2D eigenvalue weighted by molar-refractivity contribution is -0.141. The zero-order chi connectivity index (χ0) is 28.4. The molecule has 6 nitrogen and oxygen atoms in total. The number of carbonyl (C=O) groups is 1. The van der Waals surface area contributed by atoms with Crippen LogP contribution in [-0.2, 0) is 6.18 Å². The van der Waals surface area contributed by atoms with Crippen LogP contribution in [0.4, 0.5) is 27.6 Å². The molecule has 1 aromatic heterocycles. The van der Waals surface area contributed by atoms with E-state index in [2.05, 4.69) is 15.7 Å². The van der Waals surface area contributed by atoms with Gasteiger partial charge in [0.05, 0.1) is 23.4 Å². The van der Waals surface area contributed by atoms with Crippen molar-refractivity contribution in [3.8, 4) is 11.8 Å². The molecular weight excluding hydrogens is 529 g/mol. The standard InChI is InChI=1S/C29H22F5N5O/c30-20-9-10-24(31)23(13-20)27(36-16-17-7-8-17)19-4-2-5-21(12-19)37-28(40)25-14-26(29(32,33)34)38-39(25)22-6-1-3-18(11-22)15-35/h1-6,9-14,17,27,36H,7-8,16H2,(H,37,40). The van der Waals surface area contributed by atoms with Gasteiger partial charge in [-0.1, -0.05) is 18.2 Å². The first-order valence-electron chi connectivity index (χ1n) is 12.4. The second-order valence-electron chi connectivity index (χ2n) is 9.52. The summed E-state index contributed by atoms with van der Waals surface area (Å²) in [7, 11) is 0. The Morgan fingerprint density at radius 1 is 1.05 bits per heavy atom. The van der Waals surface area contributed by atoms with Gasteiger partial charge in [-0.3, -0.25) is 4.79 Å². The van der Waals surface area contributed by atoms with Gasteiger partial charge in [-0.05, 0) is 79.4 Å². The normalized spacial score (nSPS) is 14.0. The summed E-state index contributed by atoms with van der Waals surface area (Å²) in [4.78, 5) is 13.2. The molecule has 4 aromatic rings. The number of nitrogens with one attached hydrogen (secondary N) is 2. The number of halogens is 5. The van der Waals surface area contributed by atoms with E-state index in [1.54, 1.807) is 18.2 Å². The Balaban J connectivity index is 1.48. The van der Waals surface area contributed by atoms with Crippen molar-refractivity contribution in [3.63, 3.8) is 0 Å². The molecule has 1 aliphatic rings. The summed E-state index contributed by atoms with van der Waals surface area (Å²) >= 11 is 0. The number of amides is 1. The number of benzene rings is 3. The summed E-state index contributed by atoms with van der Waals surface area (Å²) in [6.07, 6.45) is -2.75. The molecule has 1 aliphatic carbocycles. The number of aromatic nitrogens is 2. The van der Waals surface area contributed by atoms with Crippen molar-refractivity contribution in [2.24, 2.45) is 5.92 Å². The average Bonchev–Trinajstić information content (AvgIpc) is 3.64. The van der Waals surface area contributed by atoms with Crippen molar-refractivity contribution in [2.75, 3.05) is 11.9 Å². The number of hydrogen-bond acceptors (Lipinski definition) is 4. The summed E-state index contributed by atoms with van der Waals surface area (Å²) in [6, 6.07) is 17.0. The van der Waals surface area contributed by atoms with Crippen molar-refractivity contribution < 1.29 is 26.7 Å². The summed E-state index contributed by atoms with van der Waals surface area (Å²) in [5.41, 5.74) is -0.574. The Morgan fingerprint density at radius 3 is 2.55 bits per heavy atom. The molecule has 1 unspecified atom stereocenters. The van der Waals surface area contributed by atoms with Gasteiger partial charge in [0.1, 0.15) is 17.3 Å². The minimum Gasteiger partial charge on any atom is -0.321 e. The predicted octanol–water partition coefficient (Wildman–Crippen LogP) is 6.38. The molecule has 0 saturated heterocycles. The average molecular weight is 552 g/mol. The Kier molecular flexibility index (Phi) is 7.36. The van der Waals surface area contributed by atoms with Gasteiger partial charge in [0, 0.05) is 17.3 Å². The van der Waals surface area contributed by atoms with E-state index in [1.165, 1.54) is 30.3 Å². The second kappa shape index (κ2) is 10.9. The van der Waals surface area contributed by atoms with Crippen LogP contribution in [0.5, 0.6) is 0 Å². The van der Waals surface area contributed by atoms with E-state index in [1.807, 2.05) is 6.07 Å². The molecule has 0 aliphatic heterocycles. The van der Waals surface area contributed by atoms with Gasteiger partial charge in [-0.25, -0.2) is 13.5 Å². The van der Waals surface area contributed by atoms with Crippen molar-refractivity contribution in [3.05, 3.63) is 113 Å². The maximum absolute atomic E-state index is 14.7. The van der Waals surface area contributed by atoms with Crippen LogP contribution in [0.3, 0.4) is 0 Å². The fourth-order valence-corrected chi connectivity index (χ4v) is 4.33. The van der Waals surface area contributed by atoms with Crippen LogP contribution < -0.4 is 10.6 Å². The number of rotatable bonds is 8. The molecular formula is C29H22F5N5O. The Hall–Kier alpha value is -4.56. The van der Waals surface area contributed by atoms with Crippen LogP contribution >= 0.6 is 0 Å². The van der Waals surface area contributed by atoms with E-state index in [9.17, 15) is 32.0 Å². The van der Waals surface area contributed by atoms with E-state index in [4.69, 9.17) is 0 Å². The molecule has 5 rings (SSSR count). The smallest absolute Gasteiger partial charge is 0.321 e. The van der Waals surface area contributed by atoms with E-state index in [0.29, 0.717) is 24.1 Å². The molecule has 1 amide bonds. The van der Waals surface area contributed by atoms with Crippen LogP contribution in [0.1, 0.15) is 51.8 Å². The monoisotopic (exact) mass is 551 g/mol. The Morgan fingerprint density at radius 2 is 1.82 bits per heavy atom. The van der Waals surface area contributed by atoms with Crippen LogP contribution in [0.15, 0.2) is 72.8 Å². The molecule has 0 spiro atoms. The quantitative estimate of drug-likeness (QED) is 0.249. The fourth-order valence-electron chi connectivity index (χ4n) is 4.33. The van der Waals surface area contributed by atoms with E-state index < -0.39 is 41.1 Å². The lowest BCUT2D eigenvalue weighted by Gasteiger charge is -2.21. The highest BCUT2D eigenvalue weighted by Gasteiger charge is 2.36. The van der Waals surface area contributed by atoms with Gasteiger partial charge >= 0.3 is 6.18 Å². The van der Waals surface area contributed by atoms with E-state index >= 15 is 0 Å². The van der Waals surface area contributed by atoms with Crippen LogP contribution in [0.2, 0.25) is 0 Å². The molecule has 1 atom stereocenters. The fraction of sp³-hybridized carbons (Fsp3) is 0.207. The van der Waals surface area contributed by atoms with Crippen molar-refractivity contribution >= 4 is 11.6 Å². The van der Waals surface area contributed by atoms with Crippen LogP contribution in [0.25, 0.3) is 5.69 Å². The molecule has 40 heavy (non-hydrogen) atoms. The van der Waals surface area contributed by atoms with Gasteiger partial charge in [-0.2, -0.15) is 23.5 Å². The van der Waals surface area contributed by atoms with Crippen molar-refractivity contribution in [1.29, 1.82) is 5.26 Å². The number of carbonyl (C=O) groups excluding carboxylic acids is 1. The van der Waals surface area contributed by atoms with Gasteiger partial charge in [0.25, 0.3) is 5.91 Å². The maximum atomic E-state index is 14.7. The third-order valence-corrected chi connectivity index (χ3v) is 6.51. The minimum absolute atomic E-state index is 0.0920. The predicted molar refractivity (Wildman–Crippen MR) is 137 cm³/mol. The first-order valence-corrected chi connectivity index (χ1v) is 12.4. The van der Waals surface area contributed by atoms with Gasteiger partial charge < -0.3 is 10.6 Å². The molecule has 2 N–H and O–H groups in total. The topological polar surface area (TPSA) is 82.7 Å². The Bertz CT molecular complexity index is 1600. The largest absolute Gasteiger partial charge is 0.435 e. The molecule has 1 fully saturated rings. The first-order chi connectivity index (χ1) is 19.1. The zero-order valence-corrected chi connectivity index (χ0v) is 20.8. The highest BCUT2D eigenvalue weighted by Crippen LogP contribution is 2.33. The summed E-state index contributed by atoms with van der Waals surface area (Å²) in [6.45, 7) is 0.582. The number of hydrogen-bond donors (Lipinski definition) is 2. The third kappa shape index (κ3) is 6.02. The van der Waals surface area contributed by atoms with Gasteiger partial charge in [0.15, 0.2) is 5.69 Å². The first kappa shape index (κ1) is 27.0. The maximum Gasteiger partial charge on any atom is 0.435 e. The number of nitriles is 1. The molecule has 204 valence electrons. The highest BCUT2D eigenvalue weighted by atomic mass is 19.4. The minimum atomic E-state index is -4.82. The van der Waals surface area contributed by atoms with Gasteiger partial charge in [0.2, 0.25) is 0 Å². The summed E-state index contributed by atoms with van der Waals surface area (Å²) in [5, 5.41) is 18.6. The third-order valence-electron chi connectivity index (χ3n) is 6.51. The second-order valence-corrected chi connectivity index (χ2v) is 9.52. The Labute approximate surface area is 226 Å². The molecule has 0 radical (unpaired) electrons. The zero-order valence-electron chi connectivity index (χ0n) is 20.8. The summed E-state index contributed by atoms with van der Waals surface area (Å²) < 4.78 is 70.1. The SMILES string of the molecule is N#Cc1cccc(-n2nc(C(F)(F)F)cc2C(=O)Nc2cccc(C(NCC3CC3)c3cc(F)ccc3F)c2)c1.